The molecular formula is C20H18N2O4S2. The van der Waals surface area contributed by atoms with E-state index in [4.69, 9.17) is 21.7 Å². The van der Waals surface area contributed by atoms with Crippen LogP contribution in [0.15, 0.2) is 53.4 Å². The van der Waals surface area contributed by atoms with E-state index >= 15 is 0 Å². The number of para-hydroxylation sites is 1. The molecule has 0 radical (unpaired) electrons. The number of carbonyl (C=O) groups excluding carboxylic acids is 2. The van der Waals surface area contributed by atoms with Gasteiger partial charge in [0.05, 0.1) is 19.1 Å². The monoisotopic (exact) mass is 414 g/mol. The van der Waals surface area contributed by atoms with Gasteiger partial charge >= 0.3 is 0 Å². The van der Waals surface area contributed by atoms with Crippen molar-refractivity contribution in [1.82, 2.24) is 4.90 Å². The highest BCUT2D eigenvalue weighted by molar-refractivity contribution is 8.26. The number of anilines is 1. The van der Waals surface area contributed by atoms with Crippen molar-refractivity contribution >= 4 is 51.9 Å². The zero-order chi connectivity index (χ0) is 20.1. The largest absolute Gasteiger partial charge is 0.493 e. The molecule has 0 spiro atoms. The Bertz CT molecular complexity index is 944. The van der Waals surface area contributed by atoms with E-state index in [2.05, 4.69) is 5.32 Å². The maximum absolute atomic E-state index is 12.7. The summed E-state index contributed by atoms with van der Waals surface area (Å²) in [5.41, 5.74) is 1.44. The van der Waals surface area contributed by atoms with E-state index in [1.807, 2.05) is 24.3 Å². The number of amides is 2. The van der Waals surface area contributed by atoms with Crippen LogP contribution in [0.5, 0.6) is 11.5 Å². The van der Waals surface area contributed by atoms with Crippen molar-refractivity contribution in [1.29, 1.82) is 0 Å². The van der Waals surface area contributed by atoms with Gasteiger partial charge in [-0.1, -0.05) is 48.2 Å². The fourth-order valence-electron chi connectivity index (χ4n) is 2.60. The lowest BCUT2D eigenvalue weighted by atomic mass is 10.2. The molecule has 0 saturated carbocycles. The molecule has 1 saturated heterocycles. The first-order valence-electron chi connectivity index (χ1n) is 8.34. The summed E-state index contributed by atoms with van der Waals surface area (Å²) in [5, 5.41) is 2.75. The lowest BCUT2D eigenvalue weighted by Crippen LogP contribution is -2.36. The Morgan fingerprint density at radius 1 is 1.14 bits per heavy atom. The molecule has 0 aliphatic carbocycles. The minimum atomic E-state index is -0.310. The van der Waals surface area contributed by atoms with Crippen LogP contribution in [0.3, 0.4) is 0 Å². The van der Waals surface area contributed by atoms with E-state index in [0.717, 1.165) is 5.56 Å². The van der Waals surface area contributed by atoms with Gasteiger partial charge in [-0.2, -0.15) is 0 Å². The SMILES string of the molecule is COc1ccc(/C=C2/SC(=S)N(CC(=O)Nc3ccccc3)C2=O)cc1OC. The minimum absolute atomic E-state index is 0.136. The van der Waals surface area contributed by atoms with Crippen molar-refractivity contribution in [2.24, 2.45) is 0 Å². The summed E-state index contributed by atoms with van der Waals surface area (Å²) in [6, 6.07) is 14.4. The van der Waals surface area contributed by atoms with Gasteiger partial charge in [0.2, 0.25) is 5.91 Å². The summed E-state index contributed by atoms with van der Waals surface area (Å²) in [6.45, 7) is -0.136. The van der Waals surface area contributed by atoms with Gasteiger partial charge in [-0.05, 0) is 35.9 Å². The van der Waals surface area contributed by atoms with Crippen molar-refractivity contribution < 1.29 is 19.1 Å². The van der Waals surface area contributed by atoms with Gasteiger partial charge in [0.25, 0.3) is 5.91 Å². The van der Waals surface area contributed by atoms with Crippen LogP contribution < -0.4 is 14.8 Å². The summed E-state index contributed by atoms with van der Waals surface area (Å²) in [6.07, 6.45) is 1.72. The smallest absolute Gasteiger partial charge is 0.266 e. The predicted octanol–water partition coefficient (Wildman–Crippen LogP) is 3.54. The Morgan fingerprint density at radius 2 is 1.86 bits per heavy atom. The van der Waals surface area contributed by atoms with Crippen molar-refractivity contribution in [2.45, 2.75) is 0 Å². The van der Waals surface area contributed by atoms with Gasteiger partial charge < -0.3 is 14.8 Å². The highest BCUT2D eigenvalue weighted by atomic mass is 32.2. The normalized spacial score (nSPS) is 15.1. The number of nitrogens with zero attached hydrogens (tertiary/aromatic N) is 1. The maximum Gasteiger partial charge on any atom is 0.266 e. The van der Waals surface area contributed by atoms with E-state index in [0.29, 0.717) is 26.4 Å². The van der Waals surface area contributed by atoms with Crippen molar-refractivity contribution in [3.05, 3.63) is 59.0 Å². The molecule has 8 heteroatoms. The Hall–Kier alpha value is -2.84. The van der Waals surface area contributed by atoms with Gasteiger partial charge in [0.1, 0.15) is 10.9 Å². The molecule has 1 aliphatic heterocycles. The van der Waals surface area contributed by atoms with Gasteiger partial charge in [0.15, 0.2) is 11.5 Å². The Kier molecular flexibility index (Phi) is 6.33. The summed E-state index contributed by atoms with van der Waals surface area (Å²) in [7, 11) is 3.11. The maximum atomic E-state index is 12.7. The molecule has 2 aromatic carbocycles. The van der Waals surface area contributed by atoms with Crippen LogP contribution in [0.4, 0.5) is 5.69 Å². The number of nitrogens with one attached hydrogen (secondary N) is 1. The molecule has 1 N–H and O–H groups in total. The number of hydrogen-bond acceptors (Lipinski definition) is 6. The zero-order valence-corrected chi connectivity index (χ0v) is 16.9. The quantitative estimate of drug-likeness (QED) is 0.576. The summed E-state index contributed by atoms with van der Waals surface area (Å²) in [4.78, 5) is 26.7. The molecule has 6 nitrogen and oxygen atoms in total. The van der Waals surface area contributed by atoms with Crippen LogP contribution in [-0.2, 0) is 9.59 Å². The average Bonchev–Trinajstić information content (AvgIpc) is 2.96. The number of thioether (sulfide) groups is 1. The van der Waals surface area contributed by atoms with E-state index in [9.17, 15) is 9.59 Å². The third-order valence-electron chi connectivity index (χ3n) is 3.94. The molecule has 144 valence electrons. The van der Waals surface area contributed by atoms with Gasteiger partial charge in [-0.25, -0.2) is 0 Å². The molecule has 28 heavy (non-hydrogen) atoms. The zero-order valence-electron chi connectivity index (χ0n) is 15.3. The van der Waals surface area contributed by atoms with E-state index in [-0.39, 0.29) is 18.4 Å². The molecule has 1 fully saturated rings. The van der Waals surface area contributed by atoms with Gasteiger partial charge in [-0.3, -0.25) is 14.5 Å². The van der Waals surface area contributed by atoms with Crippen molar-refractivity contribution in [3.63, 3.8) is 0 Å². The first-order chi connectivity index (χ1) is 13.5. The van der Waals surface area contributed by atoms with Crippen molar-refractivity contribution in [3.8, 4) is 11.5 Å². The molecule has 0 aromatic heterocycles. The fraction of sp³-hybridized carbons (Fsp3) is 0.150. The lowest BCUT2D eigenvalue weighted by molar-refractivity contribution is -0.126. The number of hydrogen-bond donors (Lipinski definition) is 1. The van der Waals surface area contributed by atoms with E-state index in [1.165, 1.54) is 16.7 Å². The van der Waals surface area contributed by atoms with Crippen LogP contribution in [0.1, 0.15) is 5.56 Å². The van der Waals surface area contributed by atoms with Crippen LogP contribution in [0.2, 0.25) is 0 Å². The second kappa shape index (κ2) is 8.90. The number of carbonyl (C=O) groups is 2. The third-order valence-corrected chi connectivity index (χ3v) is 5.32. The standard InChI is InChI=1S/C20H18N2O4S2/c1-25-15-9-8-13(10-16(15)26-2)11-17-19(24)22(20(27)28-17)12-18(23)21-14-6-4-3-5-7-14/h3-11H,12H2,1-2H3,(H,21,23)/b17-11+. The summed E-state index contributed by atoms with van der Waals surface area (Å²) in [5.74, 6) is 0.557. The number of ether oxygens (including phenoxy) is 2. The van der Waals surface area contributed by atoms with Gasteiger partial charge in [-0.15, -0.1) is 0 Å². The predicted molar refractivity (Wildman–Crippen MR) is 114 cm³/mol. The second-order valence-electron chi connectivity index (χ2n) is 5.80. The minimum Gasteiger partial charge on any atom is -0.493 e. The molecule has 0 unspecified atom stereocenters. The Labute approximate surface area is 172 Å². The molecule has 0 bridgehead atoms. The molecular weight excluding hydrogens is 396 g/mol. The van der Waals surface area contributed by atoms with Crippen LogP contribution in [-0.4, -0.2) is 41.8 Å². The molecule has 3 rings (SSSR count). The van der Waals surface area contributed by atoms with Crippen molar-refractivity contribution in [2.75, 3.05) is 26.1 Å². The second-order valence-corrected chi connectivity index (χ2v) is 7.47. The fourth-order valence-corrected chi connectivity index (χ4v) is 3.85. The highest BCUT2D eigenvalue weighted by Crippen LogP contribution is 2.34. The molecule has 1 heterocycles. The summed E-state index contributed by atoms with van der Waals surface area (Å²) < 4.78 is 10.8. The lowest BCUT2D eigenvalue weighted by Gasteiger charge is -2.14. The number of thiocarbonyl (C=S) groups is 1. The van der Waals surface area contributed by atoms with E-state index in [1.54, 1.807) is 44.6 Å². The molecule has 1 aliphatic rings. The number of methoxy groups -OCH3 is 2. The van der Waals surface area contributed by atoms with E-state index < -0.39 is 0 Å². The van der Waals surface area contributed by atoms with Crippen LogP contribution in [0, 0.1) is 0 Å². The van der Waals surface area contributed by atoms with Crippen LogP contribution >= 0.6 is 24.0 Å². The first kappa shape index (κ1) is 19.9. The Morgan fingerprint density at radius 3 is 2.54 bits per heavy atom. The Balaban J connectivity index is 1.72. The van der Waals surface area contributed by atoms with Crippen LogP contribution in [0.25, 0.3) is 6.08 Å². The third kappa shape index (κ3) is 4.52. The number of benzene rings is 2. The number of rotatable bonds is 6. The van der Waals surface area contributed by atoms with Gasteiger partial charge in [0, 0.05) is 5.69 Å². The highest BCUT2D eigenvalue weighted by Gasteiger charge is 2.33. The molecule has 2 amide bonds. The molecule has 0 atom stereocenters. The first-order valence-corrected chi connectivity index (χ1v) is 9.56. The topological polar surface area (TPSA) is 67.9 Å². The summed E-state index contributed by atoms with van der Waals surface area (Å²) >= 11 is 6.45. The average molecular weight is 415 g/mol. The molecule has 2 aromatic rings.